The highest BCUT2D eigenvalue weighted by molar-refractivity contribution is 7.98. The first-order valence-corrected chi connectivity index (χ1v) is 10.6. The quantitative estimate of drug-likeness (QED) is 0.158. The number of hydrogen-bond donors (Lipinski definition) is 7. The van der Waals surface area contributed by atoms with Gasteiger partial charge in [0.25, 0.3) is 0 Å². The molecule has 1 aromatic heterocycles. The number of nitrogens with one attached hydrogen (secondary N) is 4. The molecule has 0 aliphatic carbocycles. The molecule has 31 heavy (non-hydrogen) atoms. The summed E-state index contributed by atoms with van der Waals surface area (Å²) >= 11 is 1.48. The largest absolute Gasteiger partial charge is 0.481 e. The van der Waals surface area contributed by atoms with Crippen LogP contribution in [0.2, 0.25) is 0 Å². The smallest absolute Gasteiger partial charge is 0.326 e. The molecule has 0 aliphatic heterocycles. The number of nitrogens with two attached hydrogens (primary N) is 1. The minimum absolute atomic E-state index is 0.0549. The van der Waals surface area contributed by atoms with Crippen molar-refractivity contribution in [3.05, 3.63) is 18.2 Å². The molecular weight excluding hydrogens is 432 g/mol. The van der Waals surface area contributed by atoms with Crippen molar-refractivity contribution in [2.24, 2.45) is 5.73 Å². The lowest BCUT2D eigenvalue weighted by molar-refractivity contribution is -0.142. The van der Waals surface area contributed by atoms with Crippen molar-refractivity contribution < 1.29 is 34.2 Å². The molecular formula is C17H26N6O7S. The second kappa shape index (κ2) is 13.2. The molecule has 3 unspecified atom stereocenters. The average molecular weight is 458 g/mol. The second-order valence-corrected chi connectivity index (χ2v) is 7.49. The summed E-state index contributed by atoms with van der Waals surface area (Å²) in [5, 5.41) is 24.9. The highest BCUT2D eigenvalue weighted by Gasteiger charge is 2.27. The number of aromatic amines is 1. The van der Waals surface area contributed by atoms with Crippen molar-refractivity contribution in [2.45, 2.75) is 37.4 Å². The van der Waals surface area contributed by atoms with Gasteiger partial charge in [0.05, 0.1) is 25.3 Å². The molecule has 14 heteroatoms. The van der Waals surface area contributed by atoms with Crippen LogP contribution in [0.15, 0.2) is 12.5 Å². The Bertz CT molecular complexity index is 773. The normalized spacial score (nSPS) is 13.5. The van der Waals surface area contributed by atoms with E-state index in [0.29, 0.717) is 17.9 Å². The van der Waals surface area contributed by atoms with Crippen LogP contribution >= 0.6 is 11.8 Å². The number of aromatic nitrogens is 2. The molecule has 0 fully saturated rings. The van der Waals surface area contributed by atoms with Crippen LogP contribution in [0.5, 0.6) is 0 Å². The fourth-order valence-electron chi connectivity index (χ4n) is 2.39. The van der Waals surface area contributed by atoms with Crippen molar-refractivity contribution in [3.63, 3.8) is 0 Å². The summed E-state index contributed by atoms with van der Waals surface area (Å²) in [7, 11) is 0. The van der Waals surface area contributed by atoms with Gasteiger partial charge in [-0.05, 0) is 18.4 Å². The molecule has 1 heterocycles. The molecule has 3 amide bonds. The number of rotatable bonds is 14. The fraction of sp³-hybridized carbons (Fsp3) is 0.529. The van der Waals surface area contributed by atoms with Crippen LogP contribution in [-0.4, -0.2) is 86.5 Å². The van der Waals surface area contributed by atoms with Gasteiger partial charge in [-0.2, -0.15) is 11.8 Å². The van der Waals surface area contributed by atoms with Crippen LogP contribution in [-0.2, 0) is 30.4 Å². The predicted octanol–water partition coefficient (Wildman–Crippen LogP) is -2.32. The summed E-state index contributed by atoms with van der Waals surface area (Å²) in [6.07, 6.45) is 4.17. The van der Waals surface area contributed by atoms with Gasteiger partial charge in [-0.15, -0.1) is 0 Å². The maximum Gasteiger partial charge on any atom is 0.326 e. The van der Waals surface area contributed by atoms with Gasteiger partial charge >= 0.3 is 11.9 Å². The number of carbonyl (C=O) groups excluding carboxylic acids is 3. The molecule has 1 aromatic rings. The highest BCUT2D eigenvalue weighted by atomic mass is 32.2. The van der Waals surface area contributed by atoms with E-state index in [1.54, 1.807) is 0 Å². The number of aliphatic carboxylic acids is 2. The van der Waals surface area contributed by atoms with Crippen LogP contribution in [0.3, 0.4) is 0 Å². The number of hydrogen-bond acceptors (Lipinski definition) is 8. The molecule has 3 atom stereocenters. The minimum Gasteiger partial charge on any atom is -0.481 e. The second-order valence-electron chi connectivity index (χ2n) is 6.50. The van der Waals surface area contributed by atoms with E-state index < -0.39 is 60.8 Å². The van der Waals surface area contributed by atoms with Crippen molar-refractivity contribution in [1.82, 2.24) is 25.9 Å². The summed E-state index contributed by atoms with van der Waals surface area (Å²) in [6, 6.07) is -3.63. The monoisotopic (exact) mass is 458 g/mol. The van der Waals surface area contributed by atoms with E-state index >= 15 is 0 Å². The highest BCUT2D eigenvalue weighted by Crippen LogP contribution is 2.01. The maximum absolute atomic E-state index is 12.3. The van der Waals surface area contributed by atoms with Crippen LogP contribution in [0.4, 0.5) is 0 Å². The Balaban J connectivity index is 2.62. The standard InChI is InChI=1S/C17H26N6O7S/c1-31-3-2-10(18)15(27)23-11(5-14(25)26)16(28)20-7-13(24)22-12(17(29)30)4-9-6-19-8-21-9/h6,8,10-12H,2-5,7,18H2,1H3,(H,19,21)(H,20,28)(H,22,24)(H,23,27)(H,25,26)(H,29,30). The van der Waals surface area contributed by atoms with Crippen LogP contribution in [0.1, 0.15) is 18.5 Å². The minimum atomic E-state index is -1.45. The van der Waals surface area contributed by atoms with Gasteiger partial charge in [-0.3, -0.25) is 19.2 Å². The molecule has 0 radical (unpaired) electrons. The van der Waals surface area contributed by atoms with E-state index in [9.17, 15) is 29.1 Å². The molecule has 0 aliphatic rings. The van der Waals surface area contributed by atoms with E-state index in [2.05, 4.69) is 25.9 Å². The van der Waals surface area contributed by atoms with E-state index in [0.717, 1.165) is 0 Å². The Hall–Kier alpha value is -3.13. The third-order valence-electron chi connectivity index (χ3n) is 4.02. The summed E-state index contributed by atoms with van der Waals surface area (Å²) in [5.74, 6) is -4.43. The van der Waals surface area contributed by atoms with E-state index in [1.165, 1.54) is 24.3 Å². The number of carboxylic acids is 2. The molecule has 1 rings (SSSR count). The Morgan fingerprint density at radius 2 is 1.87 bits per heavy atom. The number of carboxylic acid groups (broad SMARTS) is 2. The molecule has 0 saturated carbocycles. The molecule has 8 N–H and O–H groups in total. The molecule has 172 valence electrons. The zero-order chi connectivity index (χ0) is 23.4. The Kier molecular flexibility index (Phi) is 11.1. The van der Waals surface area contributed by atoms with E-state index in [4.69, 9.17) is 10.8 Å². The van der Waals surface area contributed by atoms with Gasteiger partial charge in [0.1, 0.15) is 12.1 Å². The lowest BCUT2D eigenvalue weighted by atomic mass is 10.1. The summed E-state index contributed by atoms with van der Waals surface area (Å²) in [4.78, 5) is 65.2. The molecule has 0 saturated heterocycles. The van der Waals surface area contributed by atoms with Gasteiger partial charge in [0, 0.05) is 18.3 Å². The van der Waals surface area contributed by atoms with Gasteiger partial charge < -0.3 is 36.9 Å². The number of carbonyl (C=O) groups is 5. The third-order valence-corrected chi connectivity index (χ3v) is 4.66. The van der Waals surface area contributed by atoms with Crippen LogP contribution in [0, 0.1) is 0 Å². The van der Waals surface area contributed by atoms with Crippen molar-refractivity contribution in [3.8, 4) is 0 Å². The molecule has 0 spiro atoms. The third kappa shape index (κ3) is 9.95. The summed E-state index contributed by atoms with van der Waals surface area (Å²) in [6.45, 7) is -0.615. The van der Waals surface area contributed by atoms with E-state index in [-0.39, 0.29) is 6.42 Å². The Morgan fingerprint density at radius 3 is 2.42 bits per heavy atom. The number of amides is 3. The van der Waals surface area contributed by atoms with Gasteiger partial charge in [0.2, 0.25) is 17.7 Å². The number of thioether (sulfide) groups is 1. The summed E-state index contributed by atoms with van der Waals surface area (Å²) in [5.41, 5.74) is 6.20. The van der Waals surface area contributed by atoms with Gasteiger partial charge in [-0.25, -0.2) is 9.78 Å². The molecule has 0 bridgehead atoms. The SMILES string of the molecule is CSCCC(N)C(=O)NC(CC(=O)O)C(=O)NCC(=O)NC(Cc1cnc[nH]1)C(=O)O. The zero-order valence-corrected chi connectivity index (χ0v) is 17.6. The lowest BCUT2D eigenvalue weighted by Crippen LogP contribution is -2.54. The first-order chi connectivity index (χ1) is 14.6. The van der Waals surface area contributed by atoms with Crippen LogP contribution < -0.4 is 21.7 Å². The van der Waals surface area contributed by atoms with E-state index in [1.807, 2.05) is 6.26 Å². The van der Waals surface area contributed by atoms with Gasteiger partial charge in [0.15, 0.2) is 0 Å². The van der Waals surface area contributed by atoms with Gasteiger partial charge in [-0.1, -0.05) is 0 Å². The Morgan fingerprint density at radius 1 is 1.16 bits per heavy atom. The first-order valence-electron chi connectivity index (χ1n) is 9.17. The fourth-order valence-corrected chi connectivity index (χ4v) is 2.88. The molecule has 0 aromatic carbocycles. The first kappa shape index (κ1) is 25.9. The van der Waals surface area contributed by atoms with Crippen molar-refractivity contribution in [2.75, 3.05) is 18.6 Å². The van der Waals surface area contributed by atoms with Crippen LogP contribution in [0.25, 0.3) is 0 Å². The van der Waals surface area contributed by atoms with Crippen molar-refractivity contribution >= 4 is 41.4 Å². The zero-order valence-electron chi connectivity index (χ0n) is 16.8. The number of nitrogens with zero attached hydrogens (tertiary/aromatic N) is 1. The maximum atomic E-state index is 12.3. The van der Waals surface area contributed by atoms with Crippen molar-refractivity contribution in [1.29, 1.82) is 0 Å². The summed E-state index contributed by atoms with van der Waals surface area (Å²) < 4.78 is 0. The predicted molar refractivity (Wildman–Crippen MR) is 110 cm³/mol. The average Bonchev–Trinajstić information content (AvgIpc) is 3.21. The lowest BCUT2D eigenvalue weighted by Gasteiger charge is -2.19. The molecule has 13 nitrogen and oxygen atoms in total. The Labute approximate surface area is 181 Å². The number of H-pyrrole nitrogens is 1. The topological polar surface area (TPSA) is 217 Å². The number of imidazole rings is 1.